The van der Waals surface area contributed by atoms with Crippen LogP contribution >= 0.6 is 0 Å². The van der Waals surface area contributed by atoms with Crippen molar-refractivity contribution in [1.82, 2.24) is 14.0 Å². The van der Waals surface area contributed by atoms with Gasteiger partial charge in [-0.05, 0) is 49.6 Å². The van der Waals surface area contributed by atoms with Gasteiger partial charge in [0.2, 0.25) is 5.91 Å². The molecule has 1 saturated heterocycles. The summed E-state index contributed by atoms with van der Waals surface area (Å²) < 4.78 is 42.0. The molecule has 0 saturated carbocycles. The number of aliphatic hydroxyl groups is 1. The third-order valence-electron chi connectivity index (χ3n) is 7.15. The zero-order valence-electron chi connectivity index (χ0n) is 21.6. The number of anilines is 1. The van der Waals surface area contributed by atoms with Crippen molar-refractivity contribution >= 4 is 28.3 Å². The number of hydrogen-bond donors (Lipinski definition) is 1. The minimum Gasteiger partial charge on any atom is -0.379 e. The number of hydrogen-bond acceptors (Lipinski definition) is 4. The number of carbonyl (C=O) groups is 1. The number of carbonyl (C=O) groups excluding carboxylic acids is 1. The fraction of sp³-hybridized carbons (Fsp3) is 0.429. The SMILES string of the molecule is C=C(C)n1c(=O)n(CCN2CCC(N(C(=O)CC)c3ccc(C(O)C(F)(F)F)cc3)CC2)c2ccccc21. The monoisotopic (exact) mass is 530 g/mol. The van der Waals surface area contributed by atoms with Gasteiger partial charge in [-0.1, -0.05) is 37.8 Å². The summed E-state index contributed by atoms with van der Waals surface area (Å²) in [5.41, 5.74) is 2.48. The molecule has 1 atom stereocenters. The summed E-state index contributed by atoms with van der Waals surface area (Å²) in [4.78, 5) is 29.8. The zero-order valence-corrected chi connectivity index (χ0v) is 21.6. The van der Waals surface area contributed by atoms with E-state index in [2.05, 4.69) is 11.5 Å². The Bertz CT molecular complexity index is 1350. The second-order valence-electron chi connectivity index (χ2n) is 9.72. The van der Waals surface area contributed by atoms with E-state index in [1.165, 1.54) is 24.3 Å². The number of fused-ring (bicyclic) bond motifs is 1. The molecule has 1 aliphatic heterocycles. The fourth-order valence-electron chi connectivity index (χ4n) is 5.17. The summed E-state index contributed by atoms with van der Waals surface area (Å²) >= 11 is 0. The molecule has 1 N–H and O–H groups in total. The van der Waals surface area contributed by atoms with Crippen molar-refractivity contribution < 1.29 is 23.1 Å². The van der Waals surface area contributed by atoms with Crippen molar-refractivity contribution in [3.8, 4) is 0 Å². The van der Waals surface area contributed by atoms with E-state index in [4.69, 9.17) is 0 Å². The van der Waals surface area contributed by atoms with Crippen molar-refractivity contribution in [2.24, 2.45) is 0 Å². The molecule has 10 heteroatoms. The number of piperidine rings is 1. The number of nitrogens with zero attached hydrogens (tertiary/aromatic N) is 4. The third-order valence-corrected chi connectivity index (χ3v) is 7.15. The number of aliphatic hydroxyl groups excluding tert-OH is 1. The predicted octanol–water partition coefficient (Wildman–Crippen LogP) is 4.80. The first-order valence-corrected chi connectivity index (χ1v) is 12.8. The Labute approximate surface area is 219 Å². The minimum atomic E-state index is -4.75. The summed E-state index contributed by atoms with van der Waals surface area (Å²) in [7, 11) is 0. The van der Waals surface area contributed by atoms with Crippen LogP contribution < -0.4 is 10.6 Å². The third kappa shape index (κ3) is 5.56. The number of benzene rings is 2. The molecule has 2 heterocycles. The second kappa shape index (κ2) is 11.2. The smallest absolute Gasteiger partial charge is 0.379 e. The number of rotatable bonds is 8. The number of aromatic nitrogens is 2. The van der Waals surface area contributed by atoms with Gasteiger partial charge in [0, 0.05) is 50.0 Å². The Morgan fingerprint density at radius 1 is 1.08 bits per heavy atom. The maximum absolute atomic E-state index is 13.1. The average molecular weight is 531 g/mol. The highest BCUT2D eigenvalue weighted by atomic mass is 19.4. The van der Waals surface area contributed by atoms with Crippen LogP contribution in [0.5, 0.6) is 0 Å². The molecule has 0 radical (unpaired) electrons. The van der Waals surface area contributed by atoms with Gasteiger partial charge >= 0.3 is 11.9 Å². The van der Waals surface area contributed by atoms with Crippen LogP contribution in [0.25, 0.3) is 16.7 Å². The first-order chi connectivity index (χ1) is 18.0. The number of imidazole rings is 1. The summed E-state index contributed by atoms with van der Waals surface area (Å²) in [6.07, 6.45) is -5.66. The lowest BCUT2D eigenvalue weighted by Crippen LogP contribution is -2.48. The van der Waals surface area contributed by atoms with Crippen molar-refractivity contribution in [2.75, 3.05) is 24.5 Å². The van der Waals surface area contributed by atoms with Gasteiger partial charge in [-0.15, -0.1) is 0 Å². The Morgan fingerprint density at radius 3 is 2.24 bits per heavy atom. The van der Waals surface area contributed by atoms with Gasteiger partial charge in [0.05, 0.1) is 11.0 Å². The van der Waals surface area contributed by atoms with Crippen molar-refractivity contribution in [1.29, 1.82) is 0 Å². The number of para-hydroxylation sites is 2. The summed E-state index contributed by atoms with van der Waals surface area (Å²) in [5, 5.41) is 9.52. The Hall–Kier alpha value is -3.37. The normalized spacial score (nSPS) is 16.1. The van der Waals surface area contributed by atoms with Gasteiger partial charge in [-0.25, -0.2) is 4.79 Å². The van der Waals surface area contributed by atoms with E-state index in [1.807, 2.05) is 24.3 Å². The molecular weight excluding hydrogens is 497 g/mol. The van der Waals surface area contributed by atoms with E-state index in [1.54, 1.807) is 27.9 Å². The van der Waals surface area contributed by atoms with Crippen molar-refractivity contribution in [3.63, 3.8) is 0 Å². The van der Waals surface area contributed by atoms with Crippen LogP contribution in [0.1, 0.15) is 44.8 Å². The van der Waals surface area contributed by atoms with E-state index >= 15 is 0 Å². The lowest BCUT2D eigenvalue weighted by molar-refractivity contribution is -0.206. The molecule has 0 spiro atoms. The van der Waals surface area contributed by atoms with Crippen LogP contribution in [0.15, 0.2) is 59.9 Å². The van der Waals surface area contributed by atoms with Crippen LogP contribution in [0.4, 0.5) is 18.9 Å². The van der Waals surface area contributed by atoms with E-state index in [0.29, 0.717) is 37.3 Å². The molecule has 0 bridgehead atoms. The van der Waals surface area contributed by atoms with Gasteiger partial charge in [0.1, 0.15) is 0 Å². The van der Waals surface area contributed by atoms with Crippen LogP contribution in [0, 0.1) is 0 Å². The first-order valence-electron chi connectivity index (χ1n) is 12.8. The van der Waals surface area contributed by atoms with Gasteiger partial charge in [-0.3, -0.25) is 13.9 Å². The van der Waals surface area contributed by atoms with Crippen LogP contribution in [0.2, 0.25) is 0 Å². The molecule has 204 valence electrons. The van der Waals surface area contributed by atoms with Crippen molar-refractivity contribution in [2.45, 2.75) is 58.0 Å². The standard InChI is InChI=1S/C28H33F3N4O3/c1-4-25(36)35(21-11-9-20(10-12-21)26(37)28(29,30)31)22-13-15-32(16-14-22)17-18-33-23-7-5-6-8-24(23)34(19(2)3)27(33)38/h5-12,22,26,37H,2,4,13-18H2,1,3H3. The number of likely N-dealkylation sites (tertiary alicyclic amines) is 1. The zero-order chi connectivity index (χ0) is 27.6. The number of alkyl halides is 3. The highest BCUT2D eigenvalue weighted by Crippen LogP contribution is 2.34. The molecule has 1 aromatic heterocycles. The number of amides is 1. The Balaban J connectivity index is 1.44. The van der Waals surface area contributed by atoms with Gasteiger partial charge < -0.3 is 14.9 Å². The van der Waals surface area contributed by atoms with Crippen LogP contribution in [-0.2, 0) is 11.3 Å². The molecule has 0 aliphatic carbocycles. The lowest BCUT2D eigenvalue weighted by atomic mass is 10.0. The van der Waals surface area contributed by atoms with Crippen molar-refractivity contribution in [3.05, 3.63) is 71.2 Å². The molecule has 4 rings (SSSR count). The highest BCUT2D eigenvalue weighted by Gasteiger charge is 2.39. The minimum absolute atomic E-state index is 0.0925. The molecule has 1 fully saturated rings. The van der Waals surface area contributed by atoms with Crippen LogP contribution in [0.3, 0.4) is 0 Å². The largest absolute Gasteiger partial charge is 0.418 e. The lowest BCUT2D eigenvalue weighted by Gasteiger charge is -2.38. The van der Waals surface area contributed by atoms with Gasteiger partial charge in [-0.2, -0.15) is 13.2 Å². The molecule has 7 nitrogen and oxygen atoms in total. The van der Waals surface area contributed by atoms with E-state index in [-0.39, 0.29) is 29.6 Å². The molecular formula is C28H33F3N4O3. The predicted molar refractivity (Wildman–Crippen MR) is 142 cm³/mol. The summed E-state index contributed by atoms with van der Waals surface area (Å²) in [5.74, 6) is -0.105. The fourth-order valence-corrected chi connectivity index (χ4v) is 5.17. The molecule has 3 aromatic rings. The highest BCUT2D eigenvalue weighted by molar-refractivity contribution is 5.93. The second-order valence-corrected chi connectivity index (χ2v) is 9.72. The van der Waals surface area contributed by atoms with E-state index in [9.17, 15) is 27.9 Å². The quantitative estimate of drug-likeness (QED) is 0.455. The molecule has 1 aliphatic rings. The molecule has 2 aromatic carbocycles. The van der Waals surface area contributed by atoms with E-state index in [0.717, 1.165) is 24.1 Å². The summed E-state index contributed by atoms with van der Waals surface area (Å²) in [6.45, 7) is 10.1. The topological polar surface area (TPSA) is 70.7 Å². The maximum atomic E-state index is 13.1. The maximum Gasteiger partial charge on any atom is 0.418 e. The van der Waals surface area contributed by atoms with Gasteiger partial charge in [0.15, 0.2) is 6.10 Å². The number of allylic oxidation sites excluding steroid dienone is 1. The van der Waals surface area contributed by atoms with Crippen LogP contribution in [-0.4, -0.2) is 56.9 Å². The molecule has 1 unspecified atom stereocenters. The molecule has 1 amide bonds. The van der Waals surface area contributed by atoms with Gasteiger partial charge in [0.25, 0.3) is 0 Å². The molecule has 38 heavy (non-hydrogen) atoms. The first kappa shape index (κ1) is 27.7. The Kier molecular flexibility index (Phi) is 8.13. The number of halogens is 3. The van der Waals surface area contributed by atoms with E-state index < -0.39 is 12.3 Å². The Morgan fingerprint density at radius 2 is 1.68 bits per heavy atom. The summed E-state index contributed by atoms with van der Waals surface area (Å²) in [6, 6.07) is 12.9. The average Bonchev–Trinajstić information content (AvgIpc) is 3.18.